The van der Waals surface area contributed by atoms with E-state index in [1.807, 2.05) is 13.8 Å². The third-order valence-electron chi connectivity index (χ3n) is 2.18. The molecule has 0 fully saturated rings. The van der Waals surface area contributed by atoms with Gasteiger partial charge in [0.05, 0.1) is 0 Å². The highest BCUT2D eigenvalue weighted by molar-refractivity contribution is 5.23. The van der Waals surface area contributed by atoms with Gasteiger partial charge in [0.2, 0.25) is 0 Å². The Morgan fingerprint density at radius 1 is 1.53 bits per heavy atom. The van der Waals surface area contributed by atoms with Crippen LogP contribution in [0.2, 0.25) is 0 Å². The van der Waals surface area contributed by atoms with Crippen LogP contribution >= 0.6 is 0 Å². The number of aromatic amines is 1. The van der Waals surface area contributed by atoms with E-state index in [1.54, 1.807) is 17.0 Å². The van der Waals surface area contributed by atoms with Crippen LogP contribution in [0.3, 0.4) is 0 Å². The van der Waals surface area contributed by atoms with Crippen molar-refractivity contribution in [3.63, 3.8) is 0 Å². The van der Waals surface area contributed by atoms with Gasteiger partial charge in [0.15, 0.2) is 0 Å². The number of H-pyrrole nitrogens is 1. The second kappa shape index (κ2) is 3.68. The minimum atomic E-state index is -0.134. The Kier molecular flexibility index (Phi) is 2.37. The summed E-state index contributed by atoms with van der Waals surface area (Å²) in [6.45, 7) is 3.82. The molecule has 0 unspecified atom stereocenters. The van der Waals surface area contributed by atoms with E-state index in [0.717, 1.165) is 5.82 Å². The Morgan fingerprint density at radius 2 is 2.33 bits per heavy atom. The first-order chi connectivity index (χ1) is 7.20. The zero-order chi connectivity index (χ0) is 10.8. The molecule has 0 saturated carbocycles. The van der Waals surface area contributed by atoms with Gasteiger partial charge in [0.1, 0.15) is 17.5 Å². The van der Waals surface area contributed by atoms with Crippen molar-refractivity contribution in [3.8, 4) is 5.82 Å². The molecular formula is C10H12N4O. The minimum absolute atomic E-state index is 0.134. The SMILES string of the molecule is CCc1nc(-n2ccnc2C)cc(=O)[nH]1. The number of aryl methyl sites for hydroxylation is 2. The van der Waals surface area contributed by atoms with Gasteiger partial charge >= 0.3 is 0 Å². The van der Waals surface area contributed by atoms with Crippen molar-refractivity contribution in [1.29, 1.82) is 0 Å². The normalized spacial score (nSPS) is 10.5. The van der Waals surface area contributed by atoms with Crippen LogP contribution in [0.4, 0.5) is 0 Å². The predicted octanol–water partition coefficient (Wildman–Crippen LogP) is 0.826. The van der Waals surface area contributed by atoms with E-state index in [2.05, 4.69) is 15.0 Å². The number of rotatable bonds is 2. The van der Waals surface area contributed by atoms with Crippen LogP contribution in [0.25, 0.3) is 5.82 Å². The molecule has 5 heteroatoms. The lowest BCUT2D eigenvalue weighted by Gasteiger charge is -2.04. The van der Waals surface area contributed by atoms with Crippen LogP contribution < -0.4 is 5.56 Å². The quantitative estimate of drug-likeness (QED) is 0.787. The van der Waals surface area contributed by atoms with Crippen LogP contribution in [0.1, 0.15) is 18.6 Å². The number of imidazole rings is 1. The van der Waals surface area contributed by atoms with Crippen LogP contribution in [0.5, 0.6) is 0 Å². The summed E-state index contributed by atoms with van der Waals surface area (Å²) in [5, 5.41) is 0. The lowest BCUT2D eigenvalue weighted by Crippen LogP contribution is -2.13. The average Bonchev–Trinajstić information content (AvgIpc) is 2.63. The van der Waals surface area contributed by atoms with Gasteiger partial charge in [-0.05, 0) is 6.92 Å². The summed E-state index contributed by atoms with van der Waals surface area (Å²) in [4.78, 5) is 22.4. The van der Waals surface area contributed by atoms with Gasteiger partial charge < -0.3 is 4.98 Å². The summed E-state index contributed by atoms with van der Waals surface area (Å²) in [6.07, 6.45) is 4.18. The van der Waals surface area contributed by atoms with Crippen molar-refractivity contribution in [2.75, 3.05) is 0 Å². The molecule has 2 aromatic heterocycles. The highest BCUT2D eigenvalue weighted by atomic mass is 16.1. The Morgan fingerprint density at radius 3 is 2.93 bits per heavy atom. The lowest BCUT2D eigenvalue weighted by molar-refractivity contribution is 0.854. The zero-order valence-corrected chi connectivity index (χ0v) is 8.69. The van der Waals surface area contributed by atoms with E-state index in [4.69, 9.17) is 0 Å². The summed E-state index contributed by atoms with van der Waals surface area (Å²) < 4.78 is 1.79. The number of nitrogens with one attached hydrogen (secondary N) is 1. The van der Waals surface area contributed by atoms with Gasteiger partial charge in [-0.3, -0.25) is 9.36 Å². The molecule has 0 aliphatic carbocycles. The monoisotopic (exact) mass is 204 g/mol. The van der Waals surface area contributed by atoms with Gasteiger partial charge in [-0.2, -0.15) is 0 Å². The molecule has 15 heavy (non-hydrogen) atoms. The van der Waals surface area contributed by atoms with E-state index in [0.29, 0.717) is 18.1 Å². The third kappa shape index (κ3) is 1.81. The predicted molar refractivity (Wildman–Crippen MR) is 56.1 cm³/mol. The average molecular weight is 204 g/mol. The molecule has 2 heterocycles. The number of aromatic nitrogens is 4. The van der Waals surface area contributed by atoms with Crippen LogP contribution in [-0.4, -0.2) is 19.5 Å². The number of hydrogen-bond donors (Lipinski definition) is 1. The highest BCUT2D eigenvalue weighted by Crippen LogP contribution is 2.04. The largest absolute Gasteiger partial charge is 0.310 e. The Hall–Kier alpha value is -1.91. The summed E-state index contributed by atoms with van der Waals surface area (Å²) in [5.74, 6) is 2.12. The van der Waals surface area contributed by atoms with E-state index < -0.39 is 0 Å². The first-order valence-electron chi connectivity index (χ1n) is 4.81. The second-order valence-corrected chi connectivity index (χ2v) is 3.25. The molecule has 0 bridgehead atoms. The summed E-state index contributed by atoms with van der Waals surface area (Å²) in [7, 11) is 0. The van der Waals surface area contributed by atoms with Gasteiger partial charge in [0, 0.05) is 24.9 Å². The van der Waals surface area contributed by atoms with Gasteiger partial charge in [-0.15, -0.1) is 0 Å². The molecule has 0 spiro atoms. The van der Waals surface area contributed by atoms with Gasteiger partial charge in [0.25, 0.3) is 5.56 Å². The van der Waals surface area contributed by atoms with Crippen molar-refractivity contribution in [1.82, 2.24) is 19.5 Å². The minimum Gasteiger partial charge on any atom is -0.310 e. The van der Waals surface area contributed by atoms with Crippen molar-refractivity contribution >= 4 is 0 Å². The fourth-order valence-corrected chi connectivity index (χ4v) is 1.40. The maximum absolute atomic E-state index is 11.3. The van der Waals surface area contributed by atoms with Gasteiger partial charge in [-0.25, -0.2) is 9.97 Å². The second-order valence-electron chi connectivity index (χ2n) is 3.25. The summed E-state index contributed by atoms with van der Waals surface area (Å²) in [6, 6.07) is 1.47. The van der Waals surface area contributed by atoms with E-state index in [-0.39, 0.29) is 5.56 Å². The number of hydrogen-bond acceptors (Lipinski definition) is 3. The molecule has 0 atom stereocenters. The maximum atomic E-state index is 11.3. The Labute approximate surface area is 86.8 Å². The molecule has 0 aliphatic rings. The molecule has 2 rings (SSSR count). The van der Waals surface area contributed by atoms with Crippen LogP contribution in [0.15, 0.2) is 23.3 Å². The summed E-state index contributed by atoms with van der Waals surface area (Å²) >= 11 is 0. The number of nitrogens with zero attached hydrogens (tertiary/aromatic N) is 3. The van der Waals surface area contributed by atoms with E-state index >= 15 is 0 Å². The Bertz CT molecular complexity index is 526. The molecule has 0 aromatic carbocycles. The fourth-order valence-electron chi connectivity index (χ4n) is 1.40. The molecule has 2 aromatic rings. The zero-order valence-electron chi connectivity index (χ0n) is 8.69. The molecule has 1 N–H and O–H groups in total. The smallest absolute Gasteiger partial charge is 0.253 e. The molecule has 0 aliphatic heterocycles. The molecule has 5 nitrogen and oxygen atoms in total. The molecule has 0 saturated heterocycles. The molecular weight excluding hydrogens is 192 g/mol. The maximum Gasteiger partial charge on any atom is 0.253 e. The van der Waals surface area contributed by atoms with E-state index in [9.17, 15) is 4.79 Å². The van der Waals surface area contributed by atoms with Gasteiger partial charge in [-0.1, -0.05) is 6.92 Å². The van der Waals surface area contributed by atoms with Crippen LogP contribution in [0, 0.1) is 6.92 Å². The first kappa shape index (κ1) is 9.64. The van der Waals surface area contributed by atoms with Crippen molar-refractivity contribution in [3.05, 3.63) is 40.5 Å². The third-order valence-corrected chi connectivity index (χ3v) is 2.18. The summed E-state index contributed by atoms with van der Waals surface area (Å²) in [5.41, 5.74) is -0.134. The topological polar surface area (TPSA) is 63.6 Å². The molecule has 78 valence electrons. The molecule has 0 amide bonds. The van der Waals surface area contributed by atoms with E-state index in [1.165, 1.54) is 6.07 Å². The molecule has 0 radical (unpaired) electrons. The van der Waals surface area contributed by atoms with Crippen molar-refractivity contribution in [2.24, 2.45) is 0 Å². The lowest BCUT2D eigenvalue weighted by atomic mass is 10.4. The van der Waals surface area contributed by atoms with Crippen LogP contribution in [-0.2, 0) is 6.42 Å². The fraction of sp³-hybridized carbons (Fsp3) is 0.300. The Balaban J connectivity index is 2.58. The standard InChI is InChI=1S/C10H12N4O/c1-3-8-12-9(6-10(15)13-8)14-5-4-11-7(14)2/h4-6H,3H2,1-2H3,(H,12,13,15). The first-order valence-corrected chi connectivity index (χ1v) is 4.81. The highest BCUT2D eigenvalue weighted by Gasteiger charge is 2.04. The van der Waals surface area contributed by atoms with Crippen molar-refractivity contribution < 1.29 is 0 Å². The van der Waals surface area contributed by atoms with Crippen molar-refractivity contribution in [2.45, 2.75) is 20.3 Å².